The quantitative estimate of drug-likeness (QED) is 0.368. The highest BCUT2D eigenvalue weighted by molar-refractivity contribution is 7.99. The lowest BCUT2D eigenvalue weighted by Crippen LogP contribution is -2.48. The summed E-state index contributed by atoms with van der Waals surface area (Å²) in [6.45, 7) is 11.5. The van der Waals surface area contributed by atoms with Crippen molar-refractivity contribution in [3.05, 3.63) is 50.1 Å². The van der Waals surface area contributed by atoms with Crippen LogP contribution in [-0.2, 0) is 22.4 Å². The summed E-state index contributed by atoms with van der Waals surface area (Å²) in [4.78, 5) is 36.2. The molecule has 0 radical (unpaired) electrons. The summed E-state index contributed by atoms with van der Waals surface area (Å²) in [7, 11) is 0. The van der Waals surface area contributed by atoms with Crippen LogP contribution in [0.5, 0.6) is 0 Å². The summed E-state index contributed by atoms with van der Waals surface area (Å²) in [5.41, 5.74) is 4.11. The SMILES string of the molecule is Cc1ccc(C)c(-n2c(SCC(=O)N3C[C@@H](C)O[C@@H](C)C3)nc3sc4c(c3c2=O)CC[C@H](C)C4)c1. The summed E-state index contributed by atoms with van der Waals surface area (Å²) in [5.74, 6) is 0.921. The largest absolute Gasteiger partial charge is 0.372 e. The maximum Gasteiger partial charge on any atom is 0.267 e. The second-order valence-electron chi connectivity index (χ2n) is 10.2. The van der Waals surface area contributed by atoms with Gasteiger partial charge in [-0.3, -0.25) is 14.2 Å². The monoisotopic (exact) mass is 511 g/mol. The van der Waals surface area contributed by atoms with Crippen LogP contribution in [-0.4, -0.2) is 51.4 Å². The van der Waals surface area contributed by atoms with E-state index in [1.54, 1.807) is 15.9 Å². The Morgan fingerprint density at radius 3 is 2.69 bits per heavy atom. The number of aromatic nitrogens is 2. The second-order valence-corrected chi connectivity index (χ2v) is 12.2. The third-order valence-electron chi connectivity index (χ3n) is 7.00. The van der Waals surface area contributed by atoms with Gasteiger partial charge in [-0.05, 0) is 75.6 Å². The predicted octanol–water partition coefficient (Wildman–Crippen LogP) is 4.92. The van der Waals surface area contributed by atoms with Gasteiger partial charge in [-0.15, -0.1) is 11.3 Å². The van der Waals surface area contributed by atoms with Crippen molar-refractivity contribution in [3.8, 4) is 5.69 Å². The summed E-state index contributed by atoms with van der Waals surface area (Å²) in [6.07, 6.45) is 3.08. The molecule has 2 aliphatic rings. The first-order valence-corrected chi connectivity index (χ1v) is 14.2. The van der Waals surface area contributed by atoms with Crippen LogP contribution < -0.4 is 5.56 Å². The fourth-order valence-corrected chi connectivity index (χ4v) is 7.57. The number of ether oxygens (including phenoxy) is 1. The molecular weight excluding hydrogens is 478 g/mol. The molecule has 5 rings (SSSR count). The van der Waals surface area contributed by atoms with Gasteiger partial charge in [0.25, 0.3) is 5.56 Å². The molecule has 0 spiro atoms. The second kappa shape index (κ2) is 9.71. The molecule has 1 amide bonds. The van der Waals surface area contributed by atoms with Crippen molar-refractivity contribution in [2.75, 3.05) is 18.8 Å². The minimum Gasteiger partial charge on any atom is -0.372 e. The van der Waals surface area contributed by atoms with E-state index in [0.717, 1.165) is 46.3 Å². The number of rotatable bonds is 4. The Morgan fingerprint density at radius 1 is 1.20 bits per heavy atom. The lowest BCUT2D eigenvalue weighted by molar-refractivity contribution is -0.140. The van der Waals surface area contributed by atoms with Gasteiger partial charge >= 0.3 is 0 Å². The molecule has 8 heteroatoms. The number of nitrogens with zero attached hydrogens (tertiary/aromatic N) is 3. The van der Waals surface area contributed by atoms with E-state index in [9.17, 15) is 9.59 Å². The van der Waals surface area contributed by atoms with E-state index in [2.05, 4.69) is 13.0 Å². The average molecular weight is 512 g/mol. The van der Waals surface area contributed by atoms with Gasteiger partial charge in [0.05, 0.1) is 29.0 Å². The van der Waals surface area contributed by atoms with Crippen molar-refractivity contribution in [1.82, 2.24) is 14.5 Å². The number of thiophene rings is 1. The summed E-state index contributed by atoms with van der Waals surface area (Å²) < 4.78 is 7.53. The number of fused-ring (bicyclic) bond motifs is 3. The van der Waals surface area contributed by atoms with Crippen LogP contribution in [0, 0.1) is 19.8 Å². The summed E-state index contributed by atoms with van der Waals surface area (Å²) >= 11 is 3.02. The molecule has 3 atom stereocenters. The zero-order valence-corrected chi connectivity index (χ0v) is 22.7. The van der Waals surface area contributed by atoms with E-state index in [4.69, 9.17) is 9.72 Å². The minimum atomic E-state index is -0.0145. The molecule has 1 aliphatic heterocycles. The first kappa shape index (κ1) is 24.5. The maximum absolute atomic E-state index is 14.1. The molecule has 6 nitrogen and oxygen atoms in total. The van der Waals surface area contributed by atoms with Crippen molar-refractivity contribution < 1.29 is 9.53 Å². The standard InChI is InChI=1S/C27H33N3O3S2/c1-15-6-8-17(3)21(10-15)30-26(32)24-20-9-7-16(2)11-22(20)35-25(24)28-27(30)34-14-23(31)29-12-18(4)33-19(5)13-29/h6,8,10,16,18-19H,7,9,11-14H2,1-5H3/t16-,18-,19+/m0/s1. The number of morpholine rings is 1. The van der Waals surface area contributed by atoms with Crippen LogP contribution in [0.2, 0.25) is 0 Å². The number of carbonyl (C=O) groups is 1. The molecule has 0 N–H and O–H groups in total. The first-order valence-electron chi connectivity index (χ1n) is 12.4. The Labute approximate surface area is 214 Å². The number of amides is 1. The van der Waals surface area contributed by atoms with E-state index in [1.165, 1.54) is 22.2 Å². The normalized spacial score (nSPS) is 22.4. The number of hydrogen-bond donors (Lipinski definition) is 0. The van der Waals surface area contributed by atoms with Crippen LogP contribution >= 0.6 is 23.1 Å². The smallest absolute Gasteiger partial charge is 0.267 e. The van der Waals surface area contributed by atoms with Crippen LogP contribution in [0.15, 0.2) is 28.2 Å². The van der Waals surface area contributed by atoms with Gasteiger partial charge in [-0.25, -0.2) is 4.98 Å². The molecule has 0 bridgehead atoms. The van der Waals surface area contributed by atoms with Gasteiger partial charge in [-0.2, -0.15) is 0 Å². The van der Waals surface area contributed by atoms with Gasteiger partial charge < -0.3 is 9.64 Å². The number of aryl methyl sites for hydroxylation is 3. The average Bonchev–Trinajstić information content (AvgIpc) is 3.16. The minimum absolute atomic E-state index is 0.0145. The molecule has 1 fully saturated rings. The van der Waals surface area contributed by atoms with Crippen LogP contribution in [0.1, 0.15) is 48.8 Å². The summed E-state index contributed by atoms with van der Waals surface area (Å²) in [5, 5.41) is 1.36. The topological polar surface area (TPSA) is 64.4 Å². The third-order valence-corrected chi connectivity index (χ3v) is 9.07. The lowest BCUT2D eigenvalue weighted by atomic mass is 9.89. The van der Waals surface area contributed by atoms with Crippen molar-refractivity contribution >= 4 is 39.2 Å². The van der Waals surface area contributed by atoms with Crippen molar-refractivity contribution in [2.24, 2.45) is 5.92 Å². The van der Waals surface area contributed by atoms with Crippen molar-refractivity contribution in [1.29, 1.82) is 0 Å². The Morgan fingerprint density at radius 2 is 1.94 bits per heavy atom. The van der Waals surface area contributed by atoms with E-state index < -0.39 is 0 Å². The number of carbonyl (C=O) groups excluding carboxylic acids is 1. The molecule has 3 heterocycles. The maximum atomic E-state index is 14.1. The molecule has 3 aromatic rings. The molecule has 0 unspecified atom stereocenters. The van der Waals surface area contributed by atoms with E-state index in [-0.39, 0.29) is 29.4 Å². The zero-order chi connectivity index (χ0) is 24.9. The molecule has 1 aliphatic carbocycles. The van der Waals surface area contributed by atoms with Crippen LogP contribution in [0.3, 0.4) is 0 Å². The fraction of sp³-hybridized carbons (Fsp3) is 0.519. The van der Waals surface area contributed by atoms with Crippen molar-refractivity contribution in [3.63, 3.8) is 0 Å². The number of hydrogen-bond acceptors (Lipinski definition) is 6. The molecule has 1 aromatic carbocycles. The number of thioether (sulfide) groups is 1. The van der Waals surface area contributed by atoms with Gasteiger partial charge in [-0.1, -0.05) is 30.8 Å². The van der Waals surface area contributed by atoms with Gasteiger partial charge in [0, 0.05) is 18.0 Å². The molecule has 186 valence electrons. The highest BCUT2D eigenvalue weighted by Gasteiger charge is 2.28. The molecule has 35 heavy (non-hydrogen) atoms. The summed E-state index contributed by atoms with van der Waals surface area (Å²) in [6, 6.07) is 6.14. The Bertz CT molecular complexity index is 1340. The predicted molar refractivity (Wildman–Crippen MR) is 143 cm³/mol. The van der Waals surface area contributed by atoms with Gasteiger partial charge in [0.1, 0.15) is 4.83 Å². The molecule has 2 aromatic heterocycles. The highest BCUT2D eigenvalue weighted by atomic mass is 32.2. The Kier molecular flexibility index (Phi) is 6.81. The van der Waals surface area contributed by atoms with Crippen LogP contribution in [0.25, 0.3) is 15.9 Å². The van der Waals surface area contributed by atoms with Crippen LogP contribution in [0.4, 0.5) is 0 Å². The molecule has 0 saturated carbocycles. The van der Waals surface area contributed by atoms with Gasteiger partial charge in [0.2, 0.25) is 5.91 Å². The van der Waals surface area contributed by atoms with Crippen molar-refractivity contribution in [2.45, 2.75) is 71.2 Å². The third kappa shape index (κ3) is 4.80. The fourth-order valence-electron chi connectivity index (χ4n) is 5.24. The van der Waals surface area contributed by atoms with E-state index >= 15 is 0 Å². The molecule has 1 saturated heterocycles. The highest BCUT2D eigenvalue weighted by Crippen LogP contribution is 2.37. The number of benzene rings is 1. The first-order chi connectivity index (χ1) is 16.7. The van der Waals surface area contributed by atoms with E-state index in [1.807, 2.05) is 44.7 Å². The molecular formula is C27H33N3O3S2. The Balaban J connectivity index is 1.57. The van der Waals surface area contributed by atoms with E-state index in [0.29, 0.717) is 24.2 Å². The Hall–Kier alpha value is -2.16. The van der Waals surface area contributed by atoms with Gasteiger partial charge in [0.15, 0.2) is 5.16 Å². The zero-order valence-electron chi connectivity index (χ0n) is 21.1. The lowest BCUT2D eigenvalue weighted by Gasteiger charge is -2.35.